The van der Waals surface area contributed by atoms with Crippen LogP contribution < -0.4 is 10.6 Å². The third kappa shape index (κ3) is 3.60. The zero-order valence-electron chi connectivity index (χ0n) is 12.8. The molecule has 3 nitrogen and oxygen atoms in total. The number of carbonyl (C=O) groups is 1. The second-order valence-corrected chi connectivity index (χ2v) is 6.03. The zero-order chi connectivity index (χ0) is 14.5. The maximum Gasteiger partial charge on any atom is 0.251 e. The van der Waals surface area contributed by atoms with Crippen molar-refractivity contribution in [2.45, 2.75) is 45.7 Å². The molecule has 0 spiro atoms. The SMILES string of the molecule is CNC(=O)c1ccc(CNC2CCCC(C)C2C)cc1. The normalized spacial score (nSPS) is 26.2. The Morgan fingerprint density at radius 2 is 1.90 bits per heavy atom. The van der Waals surface area contributed by atoms with Gasteiger partial charge in [-0.25, -0.2) is 0 Å². The predicted octanol–water partition coefficient (Wildman–Crippen LogP) is 2.96. The maximum absolute atomic E-state index is 11.5. The van der Waals surface area contributed by atoms with Crippen LogP contribution >= 0.6 is 0 Å². The fourth-order valence-corrected chi connectivity index (χ4v) is 3.04. The van der Waals surface area contributed by atoms with Crippen LogP contribution in [0.5, 0.6) is 0 Å². The van der Waals surface area contributed by atoms with Gasteiger partial charge in [0, 0.05) is 25.2 Å². The second kappa shape index (κ2) is 6.89. The van der Waals surface area contributed by atoms with Crippen molar-refractivity contribution in [1.82, 2.24) is 10.6 Å². The van der Waals surface area contributed by atoms with Crippen LogP contribution in [0.3, 0.4) is 0 Å². The Balaban J connectivity index is 1.89. The molecule has 3 heteroatoms. The molecule has 1 fully saturated rings. The van der Waals surface area contributed by atoms with Gasteiger partial charge >= 0.3 is 0 Å². The first-order valence-corrected chi connectivity index (χ1v) is 7.66. The van der Waals surface area contributed by atoms with E-state index in [9.17, 15) is 4.79 Å². The van der Waals surface area contributed by atoms with Crippen LogP contribution in [-0.2, 0) is 6.54 Å². The Hall–Kier alpha value is -1.35. The second-order valence-electron chi connectivity index (χ2n) is 6.03. The van der Waals surface area contributed by atoms with Gasteiger partial charge < -0.3 is 10.6 Å². The quantitative estimate of drug-likeness (QED) is 0.886. The van der Waals surface area contributed by atoms with Crippen molar-refractivity contribution in [2.75, 3.05) is 7.05 Å². The highest BCUT2D eigenvalue weighted by molar-refractivity contribution is 5.93. The minimum Gasteiger partial charge on any atom is -0.355 e. The number of hydrogen-bond donors (Lipinski definition) is 2. The summed E-state index contributed by atoms with van der Waals surface area (Å²) in [5.41, 5.74) is 1.96. The molecular weight excluding hydrogens is 248 g/mol. The van der Waals surface area contributed by atoms with E-state index >= 15 is 0 Å². The molecule has 0 aliphatic heterocycles. The monoisotopic (exact) mass is 274 g/mol. The van der Waals surface area contributed by atoms with Crippen LogP contribution in [0, 0.1) is 11.8 Å². The number of carbonyl (C=O) groups excluding carboxylic acids is 1. The highest BCUT2D eigenvalue weighted by atomic mass is 16.1. The zero-order valence-corrected chi connectivity index (χ0v) is 12.8. The summed E-state index contributed by atoms with van der Waals surface area (Å²) in [5, 5.41) is 6.32. The molecule has 0 radical (unpaired) electrons. The highest BCUT2D eigenvalue weighted by Crippen LogP contribution is 2.29. The van der Waals surface area contributed by atoms with E-state index < -0.39 is 0 Å². The van der Waals surface area contributed by atoms with Gasteiger partial charge in [-0.15, -0.1) is 0 Å². The summed E-state index contributed by atoms with van der Waals surface area (Å²) in [6.45, 7) is 5.60. The summed E-state index contributed by atoms with van der Waals surface area (Å²) in [6, 6.07) is 8.48. The molecule has 0 heterocycles. The molecule has 3 atom stereocenters. The first kappa shape index (κ1) is 15.0. The van der Waals surface area contributed by atoms with Gasteiger partial charge in [0.2, 0.25) is 0 Å². The lowest BCUT2D eigenvalue weighted by atomic mass is 9.78. The van der Waals surface area contributed by atoms with Crippen LogP contribution in [0.2, 0.25) is 0 Å². The number of benzene rings is 1. The average molecular weight is 274 g/mol. The lowest BCUT2D eigenvalue weighted by Crippen LogP contribution is -2.40. The molecule has 1 saturated carbocycles. The molecule has 2 N–H and O–H groups in total. The Morgan fingerprint density at radius 3 is 2.55 bits per heavy atom. The molecule has 0 saturated heterocycles. The van der Waals surface area contributed by atoms with Crippen LogP contribution in [0.4, 0.5) is 0 Å². The van der Waals surface area contributed by atoms with E-state index in [0.717, 1.165) is 23.9 Å². The number of amides is 1. The summed E-state index contributed by atoms with van der Waals surface area (Å²) in [7, 11) is 1.66. The Labute approximate surface area is 122 Å². The minimum absolute atomic E-state index is 0.0285. The number of nitrogens with one attached hydrogen (secondary N) is 2. The summed E-state index contributed by atoms with van der Waals surface area (Å²) < 4.78 is 0. The van der Waals surface area contributed by atoms with E-state index in [4.69, 9.17) is 0 Å². The van der Waals surface area contributed by atoms with Crippen molar-refractivity contribution < 1.29 is 4.79 Å². The molecule has 1 amide bonds. The largest absolute Gasteiger partial charge is 0.355 e. The fourth-order valence-electron chi connectivity index (χ4n) is 3.04. The third-order valence-corrected chi connectivity index (χ3v) is 4.72. The first-order chi connectivity index (χ1) is 9.61. The van der Waals surface area contributed by atoms with Crippen LogP contribution in [0.25, 0.3) is 0 Å². The lowest BCUT2D eigenvalue weighted by molar-refractivity contribution is 0.0963. The molecule has 1 aromatic carbocycles. The predicted molar refractivity (Wildman–Crippen MR) is 82.6 cm³/mol. The smallest absolute Gasteiger partial charge is 0.251 e. The van der Waals surface area contributed by atoms with Gasteiger partial charge in [0.15, 0.2) is 0 Å². The maximum atomic E-state index is 11.5. The van der Waals surface area contributed by atoms with Gasteiger partial charge in [0.25, 0.3) is 5.91 Å². The van der Waals surface area contributed by atoms with Crippen molar-refractivity contribution >= 4 is 5.91 Å². The summed E-state index contributed by atoms with van der Waals surface area (Å²) in [5.74, 6) is 1.53. The lowest BCUT2D eigenvalue weighted by Gasteiger charge is -2.34. The van der Waals surface area contributed by atoms with Crippen molar-refractivity contribution in [3.05, 3.63) is 35.4 Å². The van der Waals surface area contributed by atoms with E-state index in [2.05, 4.69) is 24.5 Å². The molecule has 1 aromatic rings. The first-order valence-electron chi connectivity index (χ1n) is 7.66. The van der Waals surface area contributed by atoms with Gasteiger partial charge in [-0.05, 0) is 36.0 Å². The van der Waals surface area contributed by atoms with Crippen LogP contribution in [-0.4, -0.2) is 19.0 Å². The Morgan fingerprint density at radius 1 is 1.20 bits per heavy atom. The molecular formula is C17H26N2O. The third-order valence-electron chi connectivity index (χ3n) is 4.72. The minimum atomic E-state index is -0.0285. The van der Waals surface area contributed by atoms with Gasteiger partial charge in [-0.2, -0.15) is 0 Å². The molecule has 2 rings (SSSR count). The molecule has 110 valence electrons. The van der Waals surface area contributed by atoms with E-state index in [1.165, 1.54) is 24.8 Å². The molecule has 1 aliphatic rings. The van der Waals surface area contributed by atoms with Gasteiger partial charge in [-0.3, -0.25) is 4.79 Å². The fraction of sp³-hybridized carbons (Fsp3) is 0.588. The van der Waals surface area contributed by atoms with Crippen molar-refractivity contribution in [3.63, 3.8) is 0 Å². The molecule has 20 heavy (non-hydrogen) atoms. The van der Waals surface area contributed by atoms with Crippen molar-refractivity contribution in [2.24, 2.45) is 11.8 Å². The average Bonchev–Trinajstić information content (AvgIpc) is 2.48. The summed E-state index contributed by atoms with van der Waals surface area (Å²) in [4.78, 5) is 11.5. The molecule has 0 aromatic heterocycles. The van der Waals surface area contributed by atoms with Crippen molar-refractivity contribution in [1.29, 1.82) is 0 Å². The van der Waals surface area contributed by atoms with Crippen LogP contribution in [0.15, 0.2) is 24.3 Å². The number of hydrogen-bond acceptors (Lipinski definition) is 2. The van der Waals surface area contributed by atoms with E-state index in [0.29, 0.717) is 6.04 Å². The van der Waals surface area contributed by atoms with Crippen LogP contribution in [0.1, 0.15) is 49.0 Å². The van der Waals surface area contributed by atoms with Gasteiger partial charge in [-0.1, -0.05) is 38.8 Å². The highest BCUT2D eigenvalue weighted by Gasteiger charge is 2.26. The molecule has 0 bridgehead atoms. The van der Waals surface area contributed by atoms with E-state index in [1.807, 2.05) is 24.3 Å². The van der Waals surface area contributed by atoms with Crippen molar-refractivity contribution in [3.8, 4) is 0 Å². The topological polar surface area (TPSA) is 41.1 Å². The number of rotatable bonds is 4. The summed E-state index contributed by atoms with van der Waals surface area (Å²) in [6.07, 6.45) is 3.97. The molecule has 1 aliphatic carbocycles. The molecule has 3 unspecified atom stereocenters. The summed E-state index contributed by atoms with van der Waals surface area (Å²) >= 11 is 0. The Bertz CT molecular complexity index is 441. The van der Waals surface area contributed by atoms with E-state index in [1.54, 1.807) is 7.05 Å². The standard InChI is InChI=1S/C17H26N2O/c1-12-5-4-6-16(13(12)2)19-11-14-7-9-15(10-8-14)17(20)18-3/h7-10,12-13,16,19H,4-6,11H2,1-3H3,(H,18,20). The Kier molecular flexibility index (Phi) is 5.18. The van der Waals surface area contributed by atoms with Gasteiger partial charge in [0.05, 0.1) is 0 Å². The van der Waals surface area contributed by atoms with Gasteiger partial charge in [0.1, 0.15) is 0 Å². The van der Waals surface area contributed by atoms with E-state index in [-0.39, 0.29) is 5.91 Å².